The average Bonchev–Trinajstić information content (AvgIpc) is 2.00. The molecular formula is C7H13NO6S. The van der Waals surface area contributed by atoms with Gasteiger partial charge in [-0.25, -0.2) is 8.42 Å². The molecule has 8 heteroatoms. The molecule has 0 rings (SSSR count). The molecule has 0 fully saturated rings. The Morgan fingerprint density at radius 3 is 1.67 bits per heavy atom. The Morgan fingerprint density at radius 2 is 1.47 bits per heavy atom. The molecule has 7 nitrogen and oxygen atoms in total. The second-order valence-electron chi connectivity index (χ2n) is 3.15. The molecule has 0 spiro atoms. The number of carboxylic acids is 2. The van der Waals surface area contributed by atoms with Crippen LogP contribution in [0.4, 0.5) is 0 Å². The fourth-order valence-electron chi connectivity index (χ4n) is 0.836. The molecule has 0 aliphatic heterocycles. The van der Waals surface area contributed by atoms with Gasteiger partial charge in [-0.2, -0.15) is 4.31 Å². The minimum atomic E-state index is -3.86. The zero-order chi connectivity index (χ0) is 12.2. The lowest BCUT2D eigenvalue weighted by atomic mass is 10.6. The van der Waals surface area contributed by atoms with Crippen LogP contribution in [0.2, 0.25) is 0 Å². The molecule has 0 saturated carbocycles. The van der Waals surface area contributed by atoms with Crippen molar-refractivity contribution in [3.63, 3.8) is 0 Å². The summed E-state index contributed by atoms with van der Waals surface area (Å²) >= 11 is 0. The van der Waals surface area contributed by atoms with E-state index in [-0.39, 0.29) is 0 Å². The normalized spacial score (nSPS) is 12.0. The van der Waals surface area contributed by atoms with Crippen molar-refractivity contribution >= 4 is 22.0 Å². The fraction of sp³-hybridized carbons (Fsp3) is 0.714. The van der Waals surface area contributed by atoms with Crippen LogP contribution in [0, 0.1) is 0 Å². The number of carbonyl (C=O) groups is 2. The quantitative estimate of drug-likeness (QED) is 0.627. The van der Waals surface area contributed by atoms with E-state index in [0.717, 1.165) is 0 Å². The highest BCUT2D eigenvalue weighted by Gasteiger charge is 2.29. The van der Waals surface area contributed by atoms with E-state index in [1.807, 2.05) is 0 Å². The molecule has 0 bridgehead atoms. The van der Waals surface area contributed by atoms with E-state index in [1.165, 1.54) is 13.8 Å². The number of nitrogens with zero attached hydrogens (tertiary/aromatic N) is 1. The number of rotatable bonds is 6. The summed E-state index contributed by atoms with van der Waals surface area (Å²) in [7, 11) is -3.86. The van der Waals surface area contributed by atoms with Crippen LogP contribution >= 0.6 is 0 Å². The van der Waals surface area contributed by atoms with Gasteiger partial charge in [-0.05, 0) is 13.8 Å². The summed E-state index contributed by atoms with van der Waals surface area (Å²) in [6, 6.07) is 0. The van der Waals surface area contributed by atoms with Crippen molar-refractivity contribution in [3.05, 3.63) is 0 Å². The molecule has 2 N–H and O–H groups in total. The molecule has 0 amide bonds. The number of sulfonamides is 1. The van der Waals surface area contributed by atoms with Crippen molar-refractivity contribution in [3.8, 4) is 0 Å². The van der Waals surface area contributed by atoms with Crippen LogP contribution in [0.5, 0.6) is 0 Å². The van der Waals surface area contributed by atoms with Gasteiger partial charge >= 0.3 is 11.9 Å². The first-order valence-electron chi connectivity index (χ1n) is 4.10. The van der Waals surface area contributed by atoms with E-state index in [9.17, 15) is 18.0 Å². The summed E-state index contributed by atoms with van der Waals surface area (Å²) in [5, 5.41) is 16.0. The van der Waals surface area contributed by atoms with Gasteiger partial charge in [0.1, 0.15) is 13.1 Å². The number of aliphatic carboxylic acids is 2. The van der Waals surface area contributed by atoms with E-state index in [1.54, 1.807) is 0 Å². The van der Waals surface area contributed by atoms with Gasteiger partial charge in [0.25, 0.3) is 0 Å². The highest BCUT2D eigenvalue weighted by Crippen LogP contribution is 2.07. The predicted molar refractivity (Wildman–Crippen MR) is 50.9 cm³/mol. The number of hydrogen-bond acceptors (Lipinski definition) is 4. The van der Waals surface area contributed by atoms with Crippen LogP contribution in [0.25, 0.3) is 0 Å². The lowest BCUT2D eigenvalue weighted by molar-refractivity contribution is -0.139. The summed E-state index contributed by atoms with van der Waals surface area (Å²) in [6.45, 7) is 1.03. The van der Waals surface area contributed by atoms with Gasteiger partial charge in [0.05, 0.1) is 5.25 Å². The monoisotopic (exact) mass is 239 g/mol. The van der Waals surface area contributed by atoms with Crippen LogP contribution in [0.15, 0.2) is 0 Å². The van der Waals surface area contributed by atoms with E-state index >= 15 is 0 Å². The van der Waals surface area contributed by atoms with E-state index in [4.69, 9.17) is 10.2 Å². The van der Waals surface area contributed by atoms with Crippen LogP contribution < -0.4 is 0 Å². The smallest absolute Gasteiger partial charge is 0.318 e. The van der Waals surface area contributed by atoms with Crippen molar-refractivity contribution in [2.75, 3.05) is 13.1 Å². The molecule has 0 saturated heterocycles. The third kappa shape index (κ3) is 4.26. The summed E-state index contributed by atoms with van der Waals surface area (Å²) in [6.07, 6.45) is 0. The average molecular weight is 239 g/mol. The van der Waals surface area contributed by atoms with E-state index in [0.29, 0.717) is 4.31 Å². The minimum Gasteiger partial charge on any atom is -0.480 e. The first-order chi connectivity index (χ1) is 6.67. The van der Waals surface area contributed by atoms with Crippen molar-refractivity contribution in [2.45, 2.75) is 19.1 Å². The molecule has 0 atom stereocenters. The molecular weight excluding hydrogens is 226 g/mol. The second kappa shape index (κ2) is 5.08. The zero-order valence-corrected chi connectivity index (χ0v) is 9.19. The largest absolute Gasteiger partial charge is 0.480 e. The standard InChI is InChI=1S/C7H13NO6S/c1-5(2)15(13,14)8(3-6(9)10)4-7(11)12/h5H,3-4H2,1-2H3,(H,9,10)(H,11,12). The lowest BCUT2D eigenvalue weighted by Crippen LogP contribution is -2.42. The maximum atomic E-state index is 11.5. The van der Waals surface area contributed by atoms with Gasteiger partial charge in [0.2, 0.25) is 10.0 Å². The zero-order valence-electron chi connectivity index (χ0n) is 8.37. The molecule has 0 aromatic rings. The predicted octanol–water partition coefficient (Wildman–Crippen LogP) is -0.804. The highest BCUT2D eigenvalue weighted by molar-refractivity contribution is 7.89. The van der Waals surface area contributed by atoms with Crippen LogP contribution in [0.1, 0.15) is 13.8 Å². The summed E-state index contributed by atoms with van der Waals surface area (Å²) in [5.74, 6) is -2.78. The van der Waals surface area contributed by atoms with Gasteiger partial charge in [0, 0.05) is 0 Å². The van der Waals surface area contributed by atoms with Crippen molar-refractivity contribution in [1.82, 2.24) is 4.31 Å². The molecule has 15 heavy (non-hydrogen) atoms. The Balaban J connectivity index is 4.93. The summed E-state index contributed by atoms with van der Waals surface area (Å²) in [5.41, 5.74) is 0. The van der Waals surface area contributed by atoms with E-state index < -0.39 is 40.3 Å². The van der Waals surface area contributed by atoms with Gasteiger partial charge in [-0.3, -0.25) is 9.59 Å². The maximum Gasteiger partial charge on any atom is 0.318 e. The first kappa shape index (κ1) is 13.8. The Hall–Kier alpha value is -1.15. The van der Waals surface area contributed by atoms with Crippen LogP contribution in [0.3, 0.4) is 0 Å². The SMILES string of the molecule is CC(C)S(=O)(=O)N(CC(=O)O)CC(=O)O. The third-order valence-electron chi connectivity index (χ3n) is 1.58. The number of carboxylic acid groups (broad SMARTS) is 2. The third-order valence-corrected chi connectivity index (χ3v) is 3.75. The second-order valence-corrected chi connectivity index (χ2v) is 5.64. The van der Waals surface area contributed by atoms with Gasteiger partial charge < -0.3 is 10.2 Å². The Morgan fingerprint density at radius 1 is 1.13 bits per heavy atom. The number of hydrogen-bond donors (Lipinski definition) is 2. The molecule has 0 aromatic heterocycles. The molecule has 0 unspecified atom stereocenters. The van der Waals surface area contributed by atoms with Gasteiger partial charge in [-0.15, -0.1) is 0 Å². The molecule has 0 heterocycles. The van der Waals surface area contributed by atoms with Crippen molar-refractivity contribution < 1.29 is 28.2 Å². The Kier molecular flexibility index (Phi) is 4.69. The minimum absolute atomic E-state index is 0.433. The summed E-state index contributed by atoms with van der Waals surface area (Å²) < 4.78 is 23.4. The summed E-state index contributed by atoms with van der Waals surface area (Å²) in [4.78, 5) is 20.7. The van der Waals surface area contributed by atoms with Gasteiger partial charge in [-0.1, -0.05) is 0 Å². The molecule has 0 aromatic carbocycles. The Labute approximate surface area is 87.4 Å². The Bertz CT molecular complexity index is 330. The molecule has 88 valence electrons. The topological polar surface area (TPSA) is 112 Å². The molecule has 0 aliphatic carbocycles. The first-order valence-corrected chi connectivity index (χ1v) is 5.60. The fourth-order valence-corrected chi connectivity index (χ4v) is 2.01. The highest BCUT2D eigenvalue weighted by atomic mass is 32.2. The molecule has 0 aliphatic rings. The maximum absolute atomic E-state index is 11.5. The molecule has 0 radical (unpaired) electrons. The lowest BCUT2D eigenvalue weighted by Gasteiger charge is -2.20. The van der Waals surface area contributed by atoms with Crippen LogP contribution in [-0.4, -0.2) is 53.2 Å². The van der Waals surface area contributed by atoms with Gasteiger partial charge in [0.15, 0.2) is 0 Å². The van der Waals surface area contributed by atoms with Crippen molar-refractivity contribution in [2.24, 2.45) is 0 Å². The van der Waals surface area contributed by atoms with E-state index in [2.05, 4.69) is 0 Å². The van der Waals surface area contributed by atoms with Crippen molar-refractivity contribution in [1.29, 1.82) is 0 Å². The van der Waals surface area contributed by atoms with Crippen LogP contribution in [-0.2, 0) is 19.6 Å².